The van der Waals surface area contributed by atoms with Gasteiger partial charge in [0, 0.05) is 16.3 Å². The van der Waals surface area contributed by atoms with Crippen LogP contribution in [0.3, 0.4) is 0 Å². The Kier molecular flexibility index (Phi) is 4.51. The second-order valence-corrected chi connectivity index (χ2v) is 11.7. The van der Waals surface area contributed by atoms with Crippen LogP contribution in [-0.4, -0.2) is 0 Å². The van der Waals surface area contributed by atoms with E-state index in [-0.39, 0.29) is 0 Å². The predicted octanol–water partition coefficient (Wildman–Crippen LogP) is 12.0. The molecule has 1 aromatic heterocycles. The van der Waals surface area contributed by atoms with Gasteiger partial charge in [-0.1, -0.05) is 127 Å². The minimum Gasteiger partial charge on any atom is -0.455 e. The van der Waals surface area contributed by atoms with Crippen molar-refractivity contribution in [1.82, 2.24) is 0 Å². The Morgan fingerprint density at radius 3 is 1.81 bits per heavy atom. The lowest BCUT2D eigenvalue weighted by atomic mass is 9.92. The van der Waals surface area contributed by atoms with E-state index >= 15 is 0 Å². The van der Waals surface area contributed by atoms with E-state index in [1.807, 2.05) is 0 Å². The quantitative estimate of drug-likeness (QED) is 0.197. The summed E-state index contributed by atoms with van der Waals surface area (Å²) >= 11 is 0. The highest BCUT2D eigenvalue weighted by Gasteiger charge is 2.25. The monoisotopic (exact) mass is 544 g/mol. The van der Waals surface area contributed by atoms with Gasteiger partial charge in [-0.3, -0.25) is 0 Å². The lowest BCUT2D eigenvalue weighted by molar-refractivity contribution is 0.670. The van der Waals surface area contributed by atoms with Gasteiger partial charge in [0.15, 0.2) is 0 Å². The summed E-state index contributed by atoms with van der Waals surface area (Å²) in [6, 6.07) is 53.0. The molecule has 0 N–H and O–H groups in total. The summed E-state index contributed by atoms with van der Waals surface area (Å²) in [7, 11) is 0. The van der Waals surface area contributed by atoms with Gasteiger partial charge in [-0.05, 0) is 89.5 Å². The van der Waals surface area contributed by atoms with E-state index in [0.717, 1.165) is 27.5 Å². The highest BCUT2D eigenvalue weighted by Crippen LogP contribution is 2.52. The van der Waals surface area contributed by atoms with E-state index in [4.69, 9.17) is 4.42 Å². The number of fused-ring (bicyclic) bond motifs is 9. The second kappa shape index (κ2) is 8.44. The average Bonchev–Trinajstić information content (AvgIpc) is 3.61. The summed E-state index contributed by atoms with van der Waals surface area (Å²) in [4.78, 5) is 0. The number of hydrogen-bond donors (Lipinski definition) is 0. The van der Waals surface area contributed by atoms with Gasteiger partial charge in [-0.2, -0.15) is 0 Å². The molecule has 0 saturated heterocycles. The summed E-state index contributed by atoms with van der Waals surface area (Å²) in [6.07, 6.45) is 0. The molecule has 0 amide bonds. The first-order chi connectivity index (χ1) is 21.3. The summed E-state index contributed by atoms with van der Waals surface area (Å²) < 4.78 is 6.67. The Morgan fingerprint density at radius 2 is 0.930 bits per heavy atom. The molecule has 8 aromatic carbocycles. The fourth-order valence-corrected chi connectivity index (χ4v) is 7.44. The first kappa shape index (κ1) is 23.0. The van der Waals surface area contributed by atoms with Crippen molar-refractivity contribution in [2.75, 3.05) is 0 Å². The fourth-order valence-electron chi connectivity index (χ4n) is 7.44. The van der Waals surface area contributed by atoms with Crippen molar-refractivity contribution >= 4 is 54.3 Å². The number of rotatable bonds is 2. The van der Waals surface area contributed by atoms with Crippen molar-refractivity contribution in [3.05, 3.63) is 146 Å². The van der Waals surface area contributed by atoms with Gasteiger partial charge in [0.25, 0.3) is 0 Å². The predicted molar refractivity (Wildman–Crippen MR) is 182 cm³/mol. The third kappa shape index (κ3) is 3.17. The molecule has 0 saturated carbocycles. The molecule has 0 bridgehead atoms. The number of furan rings is 1. The molecule has 0 aliphatic heterocycles. The van der Waals surface area contributed by atoms with Gasteiger partial charge in [-0.15, -0.1) is 0 Å². The zero-order valence-electron chi connectivity index (χ0n) is 23.3. The fraction of sp³-hybridized carbons (Fsp3) is 0. The Bertz CT molecular complexity index is 2610. The van der Waals surface area contributed by atoms with E-state index in [0.29, 0.717) is 0 Å². The normalized spacial score (nSPS) is 12.2. The van der Waals surface area contributed by atoms with Crippen LogP contribution in [0, 0.1) is 0 Å². The Morgan fingerprint density at radius 1 is 0.349 bits per heavy atom. The minimum atomic E-state index is 0.912. The Balaban J connectivity index is 1.17. The smallest absolute Gasteiger partial charge is 0.143 e. The molecule has 1 aliphatic rings. The molecule has 9 aromatic rings. The molecule has 0 radical (unpaired) electrons. The van der Waals surface area contributed by atoms with E-state index in [2.05, 4.69) is 146 Å². The molecular weight excluding hydrogens is 520 g/mol. The number of benzene rings is 8. The van der Waals surface area contributed by atoms with Gasteiger partial charge in [0.2, 0.25) is 0 Å². The van der Waals surface area contributed by atoms with E-state index < -0.39 is 0 Å². The molecule has 1 nitrogen and oxygen atoms in total. The third-order valence-electron chi connectivity index (χ3n) is 9.40. The van der Waals surface area contributed by atoms with Crippen molar-refractivity contribution in [3.8, 4) is 44.5 Å². The zero-order valence-corrected chi connectivity index (χ0v) is 23.3. The van der Waals surface area contributed by atoms with Gasteiger partial charge >= 0.3 is 0 Å². The maximum absolute atomic E-state index is 6.67. The lowest BCUT2D eigenvalue weighted by Crippen LogP contribution is -1.85. The molecule has 0 spiro atoms. The molecule has 1 heterocycles. The van der Waals surface area contributed by atoms with E-state index in [1.54, 1.807) is 0 Å². The van der Waals surface area contributed by atoms with Crippen LogP contribution in [0.15, 0.2) is 150 Å². The Labute approximate surface area is 248 Å². The van der Waals surface area contributed by atoms with Crippen molar-refractivity contribution in [2.45, 2.75) is 0 Å². The lowest BCUT2D eigenvalue weighted by Gasteiger charge is -2.11. The van der Waals surface area contributed by atoms with Crippen molar-refractivity contribution in [2.24, 2.45) is 0 Å². The van der Waals surface area contributed by atoms with Crippen LogP contribution in [0.1, 0.15) is 0 Å². The minimum absolute atomic E-state index is 0.912. The van der Waals surface area contributed by atoms with E-state index in [9.17, 15) is 0 Å². The van der Waals surface area contributed by atoms with Crippen LogP contribution in [0.5, 0.6) is 0 Å². The van der Waals surface area contributed by atoms with E-state index in [1.165, 1.54) is 71.3 Å². The maximum Gasteiger partial charge on any atom is 0.143 e. The largest absolute Gasteiger partial charge is 0.455 e. The zero-order chi connectivity index (χ0) is 28.1. The molecule has 0 atom stereocenters. The summed E-state index contributed by atoms with van der Waals surface area (Å²) in [5.74, 6) is 0. The number of hydrogen-bond acceptors (Lipinski definition) is 1. The third-order valence-corrected chi connectivity index (χ3v) is 9.40. The van der Waals surface area contributed by atoms with Gasteiger partial charge in [0.05, 0.1) is 0 Å². The SMILES string of the molecule is c1cc(-c2cccc3c2oc2ccc(-c4ccc5ccc6ccccc6c5c4)cc23)c2c(c1)-c1cccc3cccc-2c13. The van der Waals surface area contributed by atoms with Crippen LogP contribution in [0.25, 0.3) is 98.8 Å². The van der Waals surface area contributed by atoms with Crippen LogP contribution >= 0.6 is 0 Å². The second-order valence-electron chi connectivity index (χ2n) is 11.7. The van der Waals surface area contributed by atoms with Crippen LogP contribution in [-0.2, 0) is 0 Å². The molecule has 0 unspecified atom stereocenters. The van der Waals surface area contributed by atoms with Crippen LogP contribution < -0.4 is 0 Å². The molecule has 198 valence electrons. The topological polar surface area (TPSA) is 13.1 Å². The van der Waals surface area contributed by atoms with Crippen molar-refractivity contribution in [1.29, 1.82) is 0 Å². The van der Waals surface area contributed by atoms with Gasteiger partial charge < -0.3 is 4.42 Å². The molecule has 1 heteroatoms. The molecular formula is C42H24O. The first-order valence-corrected chi connectivity index (χ1v) is 14.8. The number of para-hydroxylation sites is 1. The highest BCUT2D eigenvalue weighted by molar-refractivity contribution is 6.20. The summed E-state index contributed by atoms with van der Waals surface area (Å²) in [5.41, 5.74) is 11.8. The Hall–Kier alpha value is -5.66. The molecule has 10 rings (SSSR count). The van der Waals surface area contributed by atoms with Gasteiger partial charge in [-0.25, -0.2) is 0 Å². The molecule has 0 fully saturated rings. The van der Waals surface area contributed by atoms with Gasteiger partial charge in [0.1, 0.15) is 11.2 Å². The highest BCUT2D eigenvalue weighted by atomic mass is 16.3. The maximum atomic E-state index is 6.67. The average molecular weight is 545 g/mol. The molecule has 1 aliphatic carbocycles. The summed E-state index contributed by atoms with van der Waals surface area (Å²) in [6.45, 7) is 0. The summed E-state index contributed by atoms with van der Waals surface area (Å²) in [5, 5.41) is 10.0. The van der Waals surface area contributed by atoms with Crippen LogP contribution in [0.2, 0.25) is 0 Å². The molecule has 43 heavy (non-hydrogen) atoms. The first-order valence-electron chi connectivity index (χ1n) is 14.8. The van der Waals surface area contributed by atoms with Crippen molar-refractivity contribution < 1.29 is 4.42 Å². The van der Waals surface area contributed by atoms with Crippen molar-refractivity contribution in [3.63, 3.8) is 0 Å². The van der Waals surface area contributed by atoms with Crippen LogP contribution in [0.4, 0.5) is 0 Å². The standard InChI is InChI=1S/C42H24O/c1-2-10-30-25(7-1)17-18-26-19-20-28(23-37(26)30)29-21-22-39-38(24-29)35-15-6-14-34(42(35)43-39)33-13-5-12-32-31-11-3-8-27-9-4-16-36(40(27)31)41(32)33/h1-24H.